The summed E-state index contributed by atoms with van der Waals surface area (Å²) in [4.78, 5) is 28.5. The molecule has 0 aliphatic carbocycles. The Labute approximate surface area is 138 Å². The van der Waals surface area contributed by atoms with Gasteiger partial charge >= 0.3 is 0 Å². The van der Waals surface area contributed by atoms with Crippen molar-refractivity contribution in [3.63, 3.8) is 0 Å². The summed E-state index contributed by atoms with van der Waals surface area (Å²) in [6, 6.07) is 18.0. The molecule has 0 aliphatic heterocycles. The monoisotopic (exact) mass is 322 g/mol. The Bertz CT molecular complexity index is 918. The highest BCUT2D eigenvalue weighted by Crippen LogP contribution is 2.20. The van der Waals surface area contributed by atoms with Crippen LogP contribution in [0, 0.1) is 5.82 Å². The zero-order valence-electron chi connectivity index (χ0n) is 13.0. The second-order valence-corrected chi connectivity index (χ2v) is 5.35. The lowest BCUT2D eigenvalue weighted by atomic mass is 10.1. The Hall–Kier alpha value is -3.21. The number of aromatic amines is 1. The van der Waals surface area contributed by atoms with Gasteiger partial charge in [0.25, 0.3) is 5.91 Å². The Morgan fingerprint density at radius 3 is 2.29 bits per heavy atom. The smallest absolute Gasteiger partial charge is 0.274 e. The molecule has 0 radical (unpaired) electrons. The van der Waals surface area contributed by atoms with E-state index < -0.39 is 0 Å². The van der Waals surface area contributed by atoms with Crippen molar-refractivity contribution in [1.82, 2.24) is 4.98 Å². The quantitative estimate of drug-likeness (QED) is 0.803. The minimum atomic E-state index is -0.378. The number of rotatable bonds is 3. The van der Waals surface area contributed by atoms with Crippen LogP contribution in [0.3, 0.4) is 0 Å². The molecule has 0 bridgehead atoms. The molecule has 24 heavy (non-hydrogen) atoms. The molecule has 0 spiro atoms. The predicted octanol–water partition coefficient (Wildman–Crippen LogP) is 3.46. The summed E-state index contributed by atoms with van der Waals surface area (Å²) in [5.74, 6) is -0.754. The molecular weight excluding hydrogens is 307 g/mol. The molecule has 0 atom stereocenters. The van der Waals surface area contributed by atoms with Gasteiger partial charge in [0.1, 0.15) is 11.5 Å². The Morgan fingerprint density at radius 1 is 0.958 bits per heavy atom. The summed E-state index contributed by atoms with van der Waals surface area (Å²) in [5, 5.41) is 0. The molecule has 2 aromatic carbocycles. The maximum absolute atomic E-state index is 13.0. The topological polar surface area (TPSA) is 53.2 Å². The number of hydrogen-bond donors (Lipinski definition) is 1. The SMILES string of the molecule is CN(C(=O)c1cc(-c2ccccc2)cc(=O)[nH]1)c1ccc(F)cc1. The van der Waals surface area contributed by atoms with Gasteiger partial charge in [-0.15, -0.1) is 0 Å². The zero-order chi connectivity index (χ0) is 17.1. The van der Waals surface area contributed by atoms with Gasteiger partial charge in [0.15, 0.2) is 0 Å². The molecule has 1 heterocycles. The van der Waals surface area contributed by atoms with Crippen molar-refractivity contribution in [2.45, 2.75) is 0 Å². The molecular formula is C19H15FN2O2. The van der Waals surface area contributed by atoms with Crippen LogP contribution in [-0.2, 0) is 0 Å². The van der Waals surface area contributed by atoms with Gasteiger partial charge in [-0.2, -0.15) is 0 Å². The second kappa shape index (κ2) is 6.50. The van der Waals surface area contributed by atoms with Gasteiger partial charge in [-0.25, -0.2) is 4.39 Å². The van der Waals surface area contributed by atoms with E-state index >= 15 is 0 Å². The van der Waals surface area contributed by atoms with Crippen LogP contribution in [0.15, 0.2) is 71.5 Å². The van der Waals surface area contributed by atoms with Gasteiger partial charge in [0.05, 0.1) is 0 Å². The van der Waals surface area contributed by atoms with E-state index in [-0.39, 0.29) is 23.0 Å². The van der Waals surface area contributed by atoms with Crippen molar-refractivity contribution in [1.29, 1.82) is 0 Å². The van der Waals surface area contributed by atoms with Gasteiger partial charge in [-0.05, 0) is 41.5 Å². The van der Waals surface area contributed by atoms with E-state index in [0.29, 0.717) is 11.3 Å². The summed E-state index contributed by atoms with van der Waals surface area (Å²) in [7, 11) is 1.57. The molecule has 0 fully saturated rings. The van der Waals surface area contributed by atoms with E-state index in [1.807, 2.05) is 30.3 Å². The van der Waals surface area contributed by atoms with Crippen LogP contribution in [0.2, 0.25) is 0 Å². The Morgan fingerprint density at radius 2 is 1.62 bits per heavy atom. The first-order valence-electron chi connectivity index (χ1n) is 7.38. The van der Waals surface area contributed by atoms with E-state index in [1.165, 1.54) is 35.2 Å². The Balaban J connectivity index is 1.97. The predicted molar refractivity (Wildman–Crippen MR) is 91.6 cm³/mol. The average Bonchev–Trinajstić information content (AvgIpc) is 2.61. The molecule has 4 nitrogen and oxygen atoms in total. The third-order valence-electron chi connectivity index (χ3n) is 3.70. The lowest BCUT2D eigenvalue weighted by Crippen LogP contribution is -2.28. The highest BCUT2D eigenvalue weighted by atomic mass is 19.1. The highest BCUT2D eigenvalue weighted by molar-refractivity contribution is 6.04. The number of amides is 1. The van der Waals surface area contributed by atoms with Crippen molar-refractivity contribution in [3.05, 3.63) is 88.6 Å². The largest absolute Gasteiger partial charge is 0.318 e. The number of carbonyl (C=O) groups excluding carboxylic acids is 1. The van der Waals surface area contributed by atoms with Crippen LogP contribution in [0.1, 0.15) is 10.5 Å². The fourth-order valence-electron chi connectivity index (χ4n) is 2.42. The van der Waals surface area contributed by atoms with Gasteiger partial charge in [0.2, 0.25) is 5.56 Å². The molecule has 1 aromatic heterocycles. The van der Waals surface area contributed by atoms with Gasteiger partial charge in [-0.3, -0.25) is 9.59 Å². The molecule has 5 heteroatoms. The van der Waals surface area contributed by atoms with Crippen molar-refractivity contribution >= 4 is 11.6 Å². The lowest BCUT2D eigenvalue weighted by molar-refractivity contribution is 0.0988. The van der Waals surface area contributed by atoms with Gasteiger partial charge < -0.3 is 9.88 Å². The summed E-state index contributed by atoms with van der Waals surface area (Å²) >= 11 is 0. The molecule has 0 unspecified atom stereocenters. The number of benzene rings is 2. The highest BCUT2D eigenvalue weighted by Gasteiger charge is 2.16. The first kappa shape index (κ1) is 15.7. The molecule has 120 valence electrons. The number of nitrogens with zero attached hydrogens (tertiary/aromatic N) is 1. The number of carbonyl (C=O) groups is 1. The van der Waals surface area contributed by atoms with Crippen LogP contribution < -0.4 is 10.5 Å². The normalized spacial score (nSPS) is 10.4. The number of nitrogens with one attached hydrogen (secondary N) is 1. The van der Waals surface area contributed by atoms with E-state index in [9.17, 15) is 14.0 Å². The standard InChI is InChI=1S/C19H15FN2O2/c1-22(16-9-7-15(20)8-10-16)19(24)17-11-14(12-18(23)21-17)13-5-3-2-4-6-13/h2-12H,1H3,(H,21,23). The van der Waals surface area contributed by atoms with Gasteiger partial charge in [0, 0.05) is 18.8 Å². The summed E-state index contributed by atoms with van der Waals surface area (Å²) in [5.41, 5.74) is 1.87. The van der Waals surface area contributed by atoms with Crippen LogP contribution in [0.5, 0.6) is 0 Å². The minimum Gasteiger partial charge on any atom is -0.318 e. The number of H-pyrrole nitrogens is 1. The van der Waals surface area contributed by atoms with E-state index in [2.05, 4.69) is 4.98 Å². The molecule has 1 amide bonds. The first-order chi connectivity index (χ1) is 11.5. The van der Waals surface area contributed by atoms with Crippen LogP contribution in [0.4, 0.5) is 10.1 Å². The Kier molecular flexibility index (Phi) is 4.24. The fourth-order valence-corrected chi connectivity index (χ4v) is 2.42. The van der Waals surface area contributed by atoms with E-state index in [0.717, 1.165) is 5.56 Å². The zero-order valence-corrected chi connectivity index (χ0v) is 13.0. The van der Waals surface area contributed by atoms with E-state index in [1.54, 1.807) is 13.1 Å². The summed E-state index contributed by atoms with van der Waals surface area (Å²) in [6.45, 7) is 0. The molecule has 0 saturated heterocycles. The molecule has 3 aromatic rings. The van der Waals surface area contributed by atoms with Gasteiger partial charge in [-0.1, -0.05) is 30.3 Å². The first-order valence-corrected chi connectivity index (χ1v) is 7.38. The third-order valence-corrected chi connectivity index (χ3v) is 3.70. The van der Waals surface area contributed by atoms with Crippen molar-refractivity contribution in [2.75, 3.05) is 11.9 Å². The van der Waals surface area contributed by atoms with E-state index in [4.69, 9.17) is 0 Å². The molecule has 0 aliphatic rings. The number of halogens is 1. The molecule has 3 rings (SSSR count). The maximum Gasteiger partial charge on any atom is 0.274 e. The maximum atomic E-state index is 13.0. The van der Waals surface area contributed by atoms with Crippen LogP contribution in [-0.4, -0.2) is 17.9 Å². The molecule has 0 saturated carbocycles. The number of pyridine rings is 1. The lowest BCUT2D eigenvalue weighted by Gasteiger charge is -2.17. The minimum absolute atomic E-state index is 0.174. The van der Waals surface area contributed by atoms with Crippen molar-refractivity contribution in [2.24, 2.45) is 0 Å². The average molecular weight is 322 g/mol. The summed E-state index contributed by atoms with van der Waals surface area (Å²) < 4.78 is 13.0. The van der Waals surface area contributed by atoms with Crippen molar-refractivity contribution < 1.29 is 9.18 Å². The fraction of sp³-hybridized carbons (Fsp3) is 0.0526. The molecule has 1 N–H and O–H groups in total. The number of anilines is 1. The van der Waals surface area contributed by atoms with Crippen molar-refractivity contribution in [3.8, 4) is 11.1 Å². The van der Waals surface area contributed by atoms with Crippen LogP contribution in [0.25, 0.3) is 11.1 Å². The third kappa shape index (κ3) is 3.25. The van der Waals surface area contributed by atoms with Crippen LogP contribution >= 0.6 is 0 Å². The second-order valence-electron chi connectivity index (χ2n) is 5.35. The summed E-state index contributed by atoms with van der Waals surface area (Å²) in [6.07, 6.45) is 0. The number of hydrogen-bond acceptors (Lipinski definition) is 2. The number of aromatic nitrogens is 1.